The summed E-state index contributed by atoms with van der Waals surface area (Å²) in [7, 11) is -2.17. The van der Waals surface area contributed by atoms with E-state index in [9.17, 15) is 0 Å². The molecule has 0 atom stereocenters. The van der Waals surface area contributed by atoms with Crippen molar-refractivity contribution in [3.8, 4) is 0 Å². The molecule has 0 amide bonds. The summed E-state index contributed by atoms with van der Waals surface area (Å²) in [4.78, 5) is 0. The Labute approximate surface area is 84.4 Å². The van der Waals surface area contributed by atoms with E-state index in [1.807, 2.05) is 0 Å². The maximum atomic E-state index is 7.17. The Balaban J connectivity index is -0.00000000450. The average molecular weight is 154 g/mol. The van der Waals surface area contributed by atoms with Crippen LogP contribution in [0.5, 0.6) is 0 Å². The number of halogens is 1. The third-order valence-electron chi connectivity index (χ3n) is 0. The molecule has 0 fully saturated rings. The van der Waals surface area contributed by atoms with Crippen molar-refractivity contribution in [2.45, 2.75) is 0 Å². The molecule has 0 radical (unpaired) electrons. The SMILES string of the molecule is F.OB(O)O.[AlH3].[Ca+2].[H-].[H-]. The molecule has 0 rings (SSSR count). The molecule has 0 aliphatic carbocycles. The standard InChI is InChI=1S/Al.BH3O3.Ca.FH.5H/c;2-1(3)4;;;;;;;/h;2-4H;;1H;;;;;/q;;+2;;;;;2*-1. The monoisotopic (exact) mass is 154 g/mol. The maximum absolute atomic E-state index is 7.17. The van der Waals surface area contributed by atoms with Crippen molar-refractivity contribution in [1.82, 2.24) is 0 Å². The van der Waals surface area contributed by atoms with Crippen molar-refractivity contribution in [3.05, 3.63) is 0 Å². The second-order valence-corrected chi connectivity index (χ2v) is 0.346. The second kappa shape index (κ2) is 15.6. The van der Waals surface area contributed by atoms with E-state index in [0.717, 1.165) is 0 Å². The van der Waals surface area contributed by atoms with Crippen molar-refractivity contribution in [3.63, 3.8) is 0 Å². The van der Waals surface area contributed by atoms with Crippen molar-refractivity contribution in [2.24, 2.45) is 0 Å². The van der Waals surface area contributed by atoms with Gasteiger partial charge >= 0.3 is 45.1 Å². The molecule has 0 saturated heterocycles. The van der Waals surface area contributed by atoms with Crippen LogP contribution in [0, 0.1) is 0 Å². The van der Waals surface area contributed by atoms with Gasteiger partial charge in [0.2, 0.25) is 0 Å². The van der Waals surface area contributed by atoms with Crippen LogP contribution in [0.4, 0.5) is 4.70 Å². The summed E-state index contributed by atoms with van der Waals surface area (Å²) in [5, 5.41) is 21.5. The van der Waals surface area contributed by atoms with Crippen molar-refractivity contribution in [1.29, 1.82) is 0 Å². The van der Waals surface area contributed by atoms with Crippen molar-refractivity contribution >= 4 is 62.4 Å². The quantitative estimate of drug-likeness (QED) is 0.321. The third kappa shape index (κ3) is 88.6. The molecule has 3 N–H and O–H groups in total. The molecule has 0 heterocycles. The number of hydrogen-bond donors (Lipinski definition) is 3. The minimum atomic E-state index is -2.17. The van der Waals surface area contributed by atoms with Gasteiger partial charge in [0.1, 0.15) is 0 Å². The number of hydrogen-bond acceptors (Lipinski definition) is 3. The van der Waals surface area contributed by atoms with Gasteiger partial charge in [-0.05, 0) is 0 Å². The topological polar surface area (TPSA) is 60.7 Å². The van der Waals surface area contributed by atoms with E-state index >= 15 is 0 Å². The summed E-state index contributed by atoms with van der Waals surface area (Å²) in [5.41, 5.74) is 0. The molecule has 3 nitrogen and oxygen atoms in total. The second-order valence-electron chi connectivity index (χ2n) is 0.346. The van der Waals surface area contributed by atoms with Gasteiger partial charge in [0.15, 0.2) is 17.4 Å². The fourth-order valence-electron chi connectivity index (χ4n) is 0. The molecule has 7 heteroatoms. The van der Waals surface area contributed by atoms with Crippen LogP contribution in [0.15, 0.2) is 0 Å². The number of rotatable bonds is 0. The van der Waals surface area contributed by atoms with E-state index in [1.54, 1.807) is 0 Å². The predicted octanol–water partition coefficient (Wildman–Crippen LogP) is -3.24. The first kappa shape index (κ1) is 23.4. The van der Waals surface area contributed by atoms with Gasteiger partial charge in [-0.15, -0.1) is 0 Å². The summed E-state index contributed by atoms with van der Waals surface area (Å²) < 4.78 is 0. The molecule has 0 aromatic carbocycles. The van der Waals surface area contributed by atoms with Crippen LogP contribution >= 0.6 is 0 Å². The Morgan fingerprint density at radius 2 is 1.14 bits per heavy atom. The van der Waals surface area contributed by atoms with Gasteiger partial charge in [-0.3, -0.25) is 4.70 Å². The summed E-state index contributed by atoms with van der Waals surface area (Å²) in [6.07, 6.45) is 0. The van der Waals surface area contributed by atoms with Crippen molar-refractivity contribution < 1.29 is 22.6 Å². The van der Waals surface area contributed by atoms with Crippen LogP contribution < -0.4 is 0 Å². The van der Waals surface area contributed by atoms with Crippen LogP contribution in [-0.4, -0.2) is 77.5 Å². The van der Waals surface area contributed by atoms with Gasteiger partial charge in [-0.25, -0.2) is 0 Å². The predicted molar refractivity (Wildman–Crippen MR) is 32.8 cm³/mol. The minimum absolute atomic E-state index is 0. The molecule has 7 heavy (non-hydrogen) atoms. The van der Waals surface area contributed by atoms with E-state index in [4.69, 9.17) is 15.1 Å². The smallest absolute Gasteiger partial charge is 1.00 e. The molecule has 0 aromatic heterocycles. The molecule has 0 unspecified atom stereocenters. The molecule has 0 spiro atoms. The molecule has 0 bridgehead atoms. The van der Waals surface area contributed by atoms with Crippen LogP contribution in [0.3, 0.4) is 0 Å². The summed E-state index contributed by atoms with van der Waals surface area (Å²) >= 11 is 0. The zero-order chi connectivity index (χ0) is 3.58. The van der Waals surface area contributed by atoms with Gasteiger partial charge < -0.3 is 17.9 Å². The maximum Gasteiger partial charge on any atom is 2.00 e. The Kier molecular flexibility index (Phi) is 52.3. The van der Waals surface area contributed by atoms with E-state index in [0.29, 0.717) is 0 Å². The van der Waals surface area contributed by atoms with Gasteiger partial charge in [0.25, 0.3) is 0 Å². The van der Waals surface area contributed by atoms with Gasteiger partial charge in [0.05, 0.1) is 0 Å². The van der Waals surface area contributed by atoms with Gasteiger partial charge in [0, 0.05) is 0 Å². The van der Waals surface area contributed by atoms with Crippen LogP contribution in [0.25, 0.3) is 0 Å². The first-order chi connectivity index (χ1) is 1.73. The minimum Gasteiger partial charge on any atom is -1.00 e. The Hall–Kier alpha value is 1.67. The first-order valence-corrected chi connectivity index (χ1v) is 0.775. The van der Waals surface area contributed by atoms with Gasteiger partial charge in [-0.2, -0.15) is 0 Å². The molecule has 0 aliphatic heterocycles. The average Bonchev–Trinajstić information content (AvgIpc) is 0.811. The van der Waals surface area contributed by atoms with Gasteiger partial charge in [-0.1, -0.05) is 0 Å². The molecule has 0 aliphatic rings. The fourth-order valence-corrected chi connectivity index (χ4v) is 0. The van der Waals surface area contributed by atoms with E-state index < -0.39 is 7.32 Å². The summed E-state index contributed by atoms with van der Waals surface area (Å²) in [6, 6.07) is 0. The van der Waals surface area contributed by atoms with Crippen LogP contribution in [-0.2, 0) is 0 Å². The van der Waals surface area contributed by atoms with E-state index in [1.165, 1.54) is 0 Å². The van der Waals surface area contributed by atoms with Crippen LogP contribution in [0.2, 0.25) is 0 Å². The Bertz CT molecular complexity index is 26.5. The normalized spacial score (nSPS) is 3.86. The first-order valence-electron chi connectivity index (χ1n) is 0.775. The molecule has 0 aromatic rings. The van der Waals surface area contributed by atoms with Crippen molar-refractivity contribution in [2.75, 3.05) is 0 Å². The summed E-state index contributed by atoms with van der Waals surface area (Å²) in [6.45, 7) is 0. The fraction of sp³-hybridized carbons (Fsp3) is 0. The zero-order valence-corrected chi connectivity index (χ0v) is 5.24. The van der Waals surface area contributed by atoms with E-state index in [2.05, 4.69) is 0 Å². The summed E-state index contributed by atoms with van der Waals surface area (Å²) in [5.74, 6) is 0. The Morgan fingerprint density at radius 3 is 1.14 bits per heavy atom. The molecule has 42 valence electrons. The zero-order valence-electron chi connectivity index (χ0n) is 5.03. The van der Waals surface area contributed by atoms with E-state index in [-0.39, 0.29) is 62.7 Å². The molecule has 0 saturated carbocycles. The largest absolute Gasteiger partial charge is 2.00 e. The molecular formula is H9AlBCaFO3. The third-order valence-corrected chi connectivity index (χ3v) is 0. The Morgan fingerprint density at radius 1 is 1.14 bits per heavy atom. The molecular weight excluding hydrogens is 145 g/mol. The van der Waals surface area contributed by atoms with Crippen LogP contribution in [0.1, 0.15) is 2.85 Å².